The van der Waals surface area contributed by atoms with E-state index in [2.05, 4.69) is 24.3 Å². The Kier molecular flexibility index (Phi) is 17.2. The second-order valence-corrected chi connectivity index (χ2v) is 5.67. The van der Waals surface area contributed by atoms with Crippen molar-refractivity contribution in [1.29, 1.82) is 0 Å². The van der Waals surface area contributed by atoms with Crippen LogP contribution in [0, 0.1) is 189 Å². The molecule has 7 heteroatoms. The minimum Gasteiger partial charge on any atom is -0.504 e. The Morgan fingerprint density at radius 2 is 1.07 bits per heavy atom. The van der Waals surface area contributed by atoms with Crippen LogP contribution in [0.1, 0.15) is 5.56 Å². The van der Waals surface area contributed by atoms with Gasteiger partial charge in [-0.3, -0.25) is 36.4 Å². The van der Waals surface area contributed by atoms with Gasteiger partial charge in [0.05, 0.1) is 0 Å². The molecule has 1 saturated heterocycles. The van der Waals surface area contributed by atoms with Gasteiger partial charge >= 0.3 is 0 Å². The number of benzene rings is 3. The number of anilines is 2. The van der Waals surface area contributed by atoms with Gasteiger partial charge < -0.3 is 39.2 Å². The summed E-state index contributed by atoms with van der Waals surface area (Å²) in [7, 11) is 0. The van der Waals surface area contributed by atoms with Crippen molar-refractivity contribution in [3.05, 3.63) is 102 Å². The molecule has 4 radical (unpaired) electrons. The van der Waals surface area contributed by atoms with Crippen molar-refractivity contribution >= 4 is 17.1 Å². The van der Waals surface area contributed by atoms with Crippen LogP contribution in [0.25, 0.3) is 5.76 Å². The summed E-state index contributed by atoms with van der Waals surface area (Å²) < 4.78 is 0. The summed E-state index contributed by atoms with van der Waals surface area (Å²) in [6, 6.07) is 33.5. The van der Waals surface area contributed by atoms with Crippen molar-refractivity contribution in [2.24, 2.45) is 0 Å². The SMILES string of the molecule is OC(=C1N(c2[c-]ccc[c-]2)CCN1c1[c-]ccc[c-]1)c1ccccc1.[Pr].[Pr].[Pr].[Pr]. The molecule has 1 heterocycles. The average molecular weight is 888 g/mol. The third-order valence-corrected chi connectivity index (χ3v) is 4.12. The van der Waals surface area contributed by atoms with E-state index < -0.39 is 0 Å². The molecule has 0 spiro atoms. The van der Waals surface area contributed by atoms with Gasteiger partial charge in [0.15, 0.2) is 5.76 Å². The summed E-state index contributed by atoms with van der Waals surface area (Å²) in [4.78, 5) is 4.05. The molecule has 1 N–H and O–H groups in total. The maximum atomic E-state index is 11.0. The Labute approximate surface area is 305 Å². The minimum absolute atomic E-state index is 0. The van der Waals surface area contributed by atoms with Crippen LogP contribution in [0.2, 0.25) is 0 Å². The molecule has 0 saturated carbocycles. The van der Waals surface area contributed by atoms with Gasteiger partial charge in [0.1, 0.15) is 5.82 Å². The maximum absolute atomic E-state index is 11.0. The Morgan fingerprint density at radius 3 is 1.48 bits per heavy atom. The van der Waals surface area contributed by atoms with Crippen LogP contribution < -0.4 is 9.80 Å². The minimum atomic E-state index is 0. The molecule has 0 aromatic heterocycles. The van der Waals surface area contributed by atoms with E-state index in [-0.39, 0.29) is 171 Å². The summed E-state index contributed by atoms with van der Waals surface area (Å²) in [5.74, 6) is 0.915. The van der Waals surface area contributed by atoms with E-state index in [1.165, 1.54) is 0 Å². The standard InChI is InChI=1S/C22H16N2O.4Pr/c25-21(18-10-4-1-5-11-18)22-23(19-12-6-2-7-13-19)16-17-24(22)20-14-8-3-9-15-20;;;;/h1-11,25H,16-17H2;;;;/q-4;;;;. The molecule has 4 rings (SSSR count). The fraction of sp³-hybridized carbons (Fsp3) is 0.0909. The second-order valence-electron chi connectivity index (χ2n) is 5.67. The number of hydrogen-bond acceptors (Lipinski definition) is 3. The van der Waals surface area contributed by atoms with Gasteiger partial charge in [-0.1, -0.05) is 30.3 Å². The molecule has 1 aliphatic rings. The van der Waals surface area contributed by atoms with E-state index in [0.717, 1.165) is 30.0 Å². The molecule has 0 aliphatic carbocycles. The molecule has 3 nitrogen and oxygen atoms in total. The zero-order valence-corrected chi connectivity index (χ0v) is 30.7. The monoisotopic (exact) mass is 888 g/mol. The van der Waals surface area contributed by atoms with Crippen LogP contribution in [0.5, 0.6) is 0 Å². The van der Waals surface area contributed by atoms with Crippen LogP contribution in [-0.4, -0.2) is 18.2 Å². The normalized spacial score (nSPS) is 12.1. The first-order chi connectivity index (χ1) is 12.3. The molecule has 0 unspecified atom stereocenters. The first kappa shape index (κ1) is 31.3. The third-order valence-electron chi connectivity index (χ3n) is 4.12. The molecular formula is C22H16N2OPr4-4. The van der Waals surface area contributed by atoms with E-state index in [9.17, 15) is 5.11 Å². The van der Waals surface area contributed by atoms with E-state index in [1.807, 2.05) is 76.5 Å². The van der Waals surface area contributed by atoms with Crippen molar-refractivity contribution in [2.45, 2.75) is 0 Å². The molecule has 1 fully saturated rings. The predicted octanol–water partition coefficient (Wildman–Crippen LogP) is 4.10. The quantitative estimate of drug-likeness (QED) is 0.318. The first-order valence-corrected chi connectivity index (χ1v) is 8.15. The van der Waals surface area contributed by atoms with Crippen molar-refractivity contribution in [2.75, 3.05) is 22.9 Å². The molecular weight excluding hydrogens is 872 g/mol. The van der Waals surface area contributed by atoms with Gasteiger partial charge in [-0.25, -0.2) is 11.4 Å². The fourth-order valence-electron chi connectivity index (χ4n) is 2.97. The van der Waals surface area contributed by atoms with Crippen LogP contribution in [0.3, 0.4) is 0 Å². The number of aliphatic hydroxyl groups is 1. The summed E-state index contributed by atoms with van der Waals surface area (Å²) in [6.07, 6.45) is 0. The topological polar surface area (TPSA) is 26.7 Å². The van der Waals surface area contributed by atoms with Crippen molar-refractivity contribution in [3.8, 4) is 0 Å². The molecule has 136 valence electrons. The zero-order valence-electron chi connectivity index (χ0n) is 15.9. The van der Waals surface area contributed by atoms with Crippen LogP contribution in [0.15, 0.2) is 72.6 Å². The van der Waals surface area contributed by atoms with Gasteiger partial charge in [-0.05, 0) is 0 Å². The van der Waals surface area contributed by atoms with Gasteiger partial charge in [-0.2, -0.15) is 0 Å². The summed E-state index contributed by atoms with van der Waals surface area (Å²) >= 11 is 0. The van der Waals surface area contributed by atoms with Crippen molar-refractivity contribution in [3.63, 3.8) is 0 Å². The number of hydrogen-bond donors (Lipinski definition) is 1. The van der Waals surface area contributed by atoms with Gasteiger partial charge in [-0.15, -0.1) is 0 Å². The van der Waals surface area contributed by atoms with Crippen LogP contribution in [0.4, 0.5) is 11.4 Å². The Bertz CT molecular complexity index is 828. The predicted molar refractivity (Wildman–Crippen MR) is 98.9 cm³/mol. The van der Waals surface area contributed by atoms with Crippen LogP contribution in [-0.2, 0) is 0 Å². The molecule has 1 aliphatic heterocycles. The first-order valence-electron chi connectivity index (χ1n) is 8.15. The Hall–Kier alpha value is 2.25. The van der Waals surface area contributed by atoms with E-state index in [4.69, 9.17) is 0 Å². The maximum Gasteiger partial charge on any atom is 0.163 e. The average Bonchev–Trinajstić information content (AvgIpc) is 3.14. The number of para-hydroxylation sites is 2. The van der Waals surface area contributed by atoms with Gasteiger partial charge in [0, 0.05) is 184 Å². The molecule has 3 aromatic carbocycles. The van der Waals surface area contributed by atoms with Crippen LogP contribution >= 0.6 is 0 Å². The number of nitrogens with zero attached hydrogens (tertiary/aromatic N) is 2. The van der Waals surface area contributed by atoms with E-state index in [1.54, 1.807) is 0 Å². The molecule has 29 heavy (non-hydrogen) atoms. The summed E-state index contributed by atoms with van der Waals surface area (Å²) in [5.41, 5.74) is 2.37. The molecule has 3 aromatic rings. The summed E-state index contributed by atoms with van der Waals surface area (Å²) in [6.45, 7) is 1.44. The van der Waals surface area contributed by atoms with E-state index >= 15 is 0 Å². The molecule has 0 bridgehead atoms. The summed E-state index contributed by atoms with van der Waals surface area (Å²) in [5, 5.41) is 11.0. The number of rotatable bonds is 3. The van der Waals surface area contributed by atoms with Crippen molar-refractivity contribution < 1.29 is 170 Å². The zero-order chi connectivity index (χ0) is 17.1. The Balaban J connectivity index is 0.00000196. The fourth-order valence-corrected chi connectivity index (χ4v) is 2.97. The van der Waals surface area contributed by atoms with Crippen molar-refractivity contribution in [1.82, 2.24) is 0 Å². The third kappa shape index (κ3) is 7.91. The largest absolute Gasteiger partial charge is 0.504 e. The number of aliphatic hydroxyl groups excluding tert-OH is 1. The smallest absolute Gasteiger partial charge is 0.163 e. The van der Waals surface area contributed by atoms with Gasteiger partial charge in [0.2, 0.25) is 0 Å². The molecule has 0 atom stereocenters. The van der Waals surface area contributed by atoms with E-state index in [0.29, 0.717) is 5.82 Å². The van der Waals surface area contributed by atoms with Gasteiger partial charge in [0.25, 0.3) is 0 Å². The molecule has 0 amide bonds. The Morgan fingerprint density at radius 1 is 0.655 bits per heavy atom. The second kappa shape index (κ2) is 16.0.